The van der Waals surface area contributed by atoms with E-state index in [1.54, 1.807) is 9.80 Å². The molecule has 3 aromatic rings. The summed E-state index contributed by atoms with van der Waals surface area (Å²) in [7, 11) is 0. The van der Waals surface area contributed by atoms with E-state index >= 15 is 0 Å². The smallest absolute Gasteiger partial charge is 0.254 e. The van der Waals surface area contributed by atoms with Crippen molar-refractivity contribution in [3.63, 3.8) is 0 Å². The number of aryl methyl sites for hydroxylation is 1. The average Bonchev–Trinajstić information content (AvgIpc) is 3.40. The predicted molar refractivity (Wildman–Crippen MR) is 156 cm³/mol. The summed E-state index contributed by atoms with van der Waals surface area (Å²) in [5.74, 6) is -1.22. The second kappa shape index (κ2) is 12.6. The van der Waals surface area contributed by atoms with Gasteiger partial charge in [-0.1, -0.05) is 49.7 Å². The van der Waals surface area contributed by atoms with Gasteiger partial charge in [0.15, 0.2) is 0 Å². The molecule has 2 aliphatic heterocycles. The van der Waals surface area contributed by atoms with Gasteiger partial charge in [-0.15, -0.1) is 0 Å². The van der Waals surface area contributed by atoms with Gasteiger partial charge in [0.05, 0.1) is 19.7 Å². The number of ether oxygens (including phenoxy) is 1. The Morgan fingerprint density at radius 2 is 1.54 bits per heavy atom. The molecule has 214 valence electrons. The van der Waals surface area contributed by atoms with Crippen molar-refractivity contribution in [1.29, 1.82) is 0 Å². The first-order valence-corrected chi connectivity index (χ1v) is 14.3. The predicted octanol–water partition coefficient (Wildman–Crippen LogP) is 5.31. The summed E-state index contributed by atoms with van der Waals surface area (Å²) in [4.78, 5) is 42.0. The first kappa shape index (κ1) is 28.5. The van der Waals surface area contributed by atoms with Crippen LogP contribution in [-0.2, 0) is 20.7 Å². The summed E-state index contributed by atoms with van der Waals surface area (Å²) >= 11 is 0. The minimum absolute atomic E-state index is 0.0578. The van der Waals surface area contributed by atoms with Crippen LogP contribution in [0.15, 0.2) is 72.8 Å². The molecule has 0 aromatic heterocycles. The number of nitrogens with one attached hydrogen (secondary N) is 1. The SMILES string of the molecule is CCCCc1ccc(-c2ccc(C(=O)N3CCOC4(CCN(C(=O)CC(=O)Nc5ccc(F)cc5)C4)C3)cc2)cc1. The van der Waals surface area contributed by atoms with Gasteiger partial charge in [-0.2, -0.15) is 0 Å². The Morgan fingerprint density at radius 1 is 0.878 bits per heavy atom. The molecule has 41 heavy (non-hydrogen) atoms. The number of benzene rings is 3. The van der Waals surface area contributed by atoms with Crippen molar-refractivity contribution in [1.82, 2.24) is 9.80 Å². The molecule has 3 aromatic carbocycles. The van der Waals surface area contributed by atoms with Crippen LogP contribution in [0.2, 0.25) is 0 Å². The summed E-state index contributed by atoms with van der Waals surface area (Å²) in [6.45, 7) is 4.23. The number of carbonyl (C=O) groups is 3. The van der Waals surface area contributed by atoms with E-state index in [0.717, 1.165) is 17.5 Å². The third-order valence-electron chi connectivity index (χ3n) is 7.88. The molecule has 3 amide bonds. The molecule has 8 heteroatoms. The molecule has 0 bridgehead atoms. The van der Waals surface area contributed by atoms with Gasteiger partial charge in [0.25, 0.3) is 5.91 Å². The summed E-state index contributed by atoms with van der Waals surface area (Å²) < 4.78 is 19.2. The molecule has 1 unspecified atom stereocenters. The zero-order valence-electron chi connectivity index (χ0n) is 23.4. The van der Waals surface area contributed by atoms with Crippen LogP contribution in [0.1, 0.15) is 48.5 Å². The minimum atomic E-state index is -0.642. The number of halogens is 1. The number of rotatable bonds is 8. The molecular formula is C33H36FN3O4. The van der Waals surface area contributed by atoms with E-state index in [2.05, 4.69) is 36.5 Å². The molecule has 7 nitrogen and oxygen atoms in total. The van der Waals surface area contributed by atoms with Crippen molar-refractivity contribution in [2.75, 3.05) is 38.1 Å². The quantitative estimate of drug-likeness (QED) is 0.381. The topological polar surface area (TPSA) is 79.0 Å². The van der Waals surface area contributed by atoms with Gasteiger partial charge in [0.2, 0.25) is 11.8 Å². The molecule has 0 saturated carbocycles. The third kappa shape index (κ3) is 7.00. The maximum absolute atomic E-state index is 13.4. The Labute approximate surface area is 240 Å². The maximum atomic E-state index is 13.4. The number of morpholine rings is 1. The molecule has 2 aliphatic rings. The van der Waals surface area contributed by atoms with Gasteiger partial charge in [-0.05, 0) is 72.4 Å². The number of amides is 3. The molecule has 1 atom stereocenters. The minimum Gasteiger partial charge on any atom is -0.369 e. The van der Waals surface area contributed by atoms with Gasteiger partial charge in [0, 0.05) is 24.3 Å². The van der Waals surface area contributed by atoms with E-state index in [4.69, 9.17) is 4.74 Å². The summed E-state index contributed by atoms with van der Waals surface area (Å²) in [6.07, 6.45) is 3.73. The van der Waals surface area contributed by atoms with E-state index in [0.29, 0.717) is 50.5 Å². The Hall–Kier alpha value is -4.04. The van der Waals surface area contributed by atoms with Crippen LogP contribution in [-0.4, -0.2) is 65.9 Å². The van der Waals surface area contributed by atoms with Crippen LogP contribution >= 0.6 is 0 Å². The number of nitrogens with zero attached hydrogens (tertiary/aromatic N) is 2. The molecule has 5 rings (SSSR count). The second-order valence-electron chi connectivity index (χ2n) is 10.9. The number of hydrogen-bond donors (Lipinski definition) is 1. The van der Waals surface area contributed by atoms with E-state index in [1.807, 2.05) is 24.3 Å². The van der Waals surface area contributed by atoms with Crippen LogP contribution in [0.3, 0.4) is 0 Å². The zero-order valence-corrected chi connectivity index (χ0v) is 23.4. The Bertz CT molecular complexity index is 1380. The third-order valence-corrected chi connectivity index (χ3v) is 7.88. The van der Waals surface area contributed by atoms with Crippen molar-refractivity contribution >= 4 is 23.4 Å². The van der Waals surface area contributed by atoms with Crippen LogP contribution in [0, 0.1) is 5.82 Å². The normalized spacial score (nSPS) is 18.5. The summed E-state index contributed by atoms with van der Waals surface area (Å²) in [6, 6.07) is 21.7. The van der Waals surface area contributed by atoms with Crippen LogP contribution in [0.4, 0.5) is 10.1 Å². The van der Waals surface area contributed by atoms with E-state index in [9.17, 15) is 18.8 Å². The highest BCUT2D eigenvalue weighted by molar-refractivity contribution is 6.03. The van der Waals surface area contributed by atoms with Crippen molar-refractivity contribution < 1.29 is 23.5 Å². The monoisotopic (exact) mass is 557 g/mol. The lowest BCUT2D eigenvalue weighted by molar-refractivity contribution is -0.136. The summed E-state index contributed by atoms with van der Waals surface area (Å²) in [5, 5.41) is 2.62. The number of hydrogen-bond acceptors (Lipinski definition) is 4. The molecule has 1 N–H and O–H groups in total. The molecular weight excluding hydrogens is 521 g/mol. The largest absolute Gasteiger partial charge is 0.369 e. The van der Waals surface area contributed by atoms with Crippen molar-refractivity contribution in [2.24, 2.45) is 0 Å². The number of anilines is 1. The Balaban J connectivity index is 1.16. The maximum Gasteiger partial charge on any atom is 0.254 e. The molecule has 1 spiro atoms. The van der Waals surface area contributed by atoms with Gasteiger partial charge in [-0.25, -0.2) is 4.39 Å². The first-order valence-electron chi connectivity index (χ1n) is 14.3. The van der Waals surface area contributed by atoms with E-state index in [1.165, 1.54) is 42.7 Å². The number of likely N-dealkylation sites (tertiary alicyclic amines) is 1. The highest BCUT2D eigenvalue weighted by atomic mass is 19.1. The fourth-order valence-corrected chi connectivity index (χ4v) is 5.54. The lowest BCUT2D eigenvalue weighted by atomic mass is 9.98. The fourth-order valence-electron chi connectivity index (χ4n) is 5.54. The van der Waals surface area contributed by atoms with Crippen molar-refractivity contribution in [2.45, 2.75) is 44.6 Å². The van der Waals surface area contributed by atoms with Crippen LogP contribution < -0.4 is 5.32 Å². The summed E-state index contributed by atoms with van der Waals surface area (Å²) in [5.41, 5.74) is 3.93. The van der Waals surface area contributed by atoms with Gasteiger partial charge >= 0.3 is 0 Å². The first-order chi connectivity index (χ1) is 19.8. The standard InChI is InChI=1S/C33H36FN3O4/c1-2-3-4-24-5-7-25(8-6-24)26-9-11-27(12-10-26)32(40)37-19-20-41-33(23-37)17-18-36(22-33)31(39)21-30(38)35-29-15-13-28(34)14-16-29/h5-16H,2-4,17-23H2,1H3,(H,35,38). The number of unbranched alkanes of at least 4 members (excludes halogenated alkanes) is 1. The second-order valence-corrected chi connectivity index (χ2v) is 10.9. The molecule has 0 radical (unpaired) electrons. The van der Waals surface area contributed by atoms with Crippen molar-refractivity contribution in [3.8, 4) is 11.1 Å². The molecule has 0 aliphatic carbocycles. The van der Waals surface area contributed by atoms with Gasteiger partial charge < -0.3 is 19.9 Å². The molecule has 2 fully saturated rings. The van der Waals surface area contributed by atoms with Crippen molar-refractivity contribution in [3.05, 3.63) is 89.7 Å². The average molecular weight is 558 g/mol. The Kier molecular flexibility index (Phi) is 8.78. The zero-order chi connectivity index (χ0) is 28.8. The lowest BCUT2D eigenvalue weighted by Crippen LogP contribution is -2.55. The van der Waals surface area contributed by atoms with Crippen LogP contribution in [0.5, 0.6) is 0 Å². The van der Waals surface area contributed by atoms with E-state index < -0.39 is 17.3 Å². The highest BCUT2D eigenvalue weighted by Crippen LogP contribution is 2.31. The lowest BCUT2D eigenvalue weighted by Gasteiger charge is -2.40. The molecule has 2 heterocycles. The molecule has 2 saturated heterocycles. The van der Waals surface area contributed by atoms with Gasteiger partial charge in [0.1, 0.15) is 17.8 Å². The van der Waals surface area contributed by atoms with Gasteiger partial charge in [-0.3, -0.25) is 14.4 Å². The van der Waals surface area contributed by atoms with Crippen LogP contribution in [0.25, 0.3) is 11.1 Å². The fraction of sp³-hybridized carbons (Fsp3) is 0.364. The van der Waals surface area contributed by atoms with E-state index in [-0.39, 0.29) is 18.2 Å². The highest BCUT2D eigenvalue weighted by Gasteiger charge is 2.45. The Morgan fingerprint density at radius 3 is 2.22 bits per heavy atom. The number of carbonyl (C=O) groups excluding carboxylic acids is 3.